The Balaban J connectivity index is 1.88. The molecular formula is C13H20N2OS. The Hall–Kier alpha value is -0.740. The predicted octanol–water partition coefficient (Wildman–Crippen LogP) is 2.47. The van der Waals surface area contributed by atoms with E-state index in [1.54, 1.807) is 6.07 Å². The van der Waals surface area contributed by atoms with Crippen LogP contribution in [0.25, 0.3) is 0 Å². The van der Waals surface area contributed by atoms with Gasteiger partial charge in [0.15, 0.2) is 0 Å². The normalized spacial score (nSPS) is 24.1. The Morgan fingerprint density at radius 2 is 2.29 bits per heavy atom. The van der Waals surface area contributed by atoms with Crippen LogP contribution in [0.5, 0.6) is 5.75 Å². The highest BCUT2D eigenvalue weighted by Gasteiger charge is 2.23. The van der Waals surface area contributed by atoms with Crippen LogP contribution in [-0.4, -0.2) is 27.6 Å². The molecule has 0 amide bonds. The molecule has 0 saturated heterocycles. The lowest BCUT2D eigenvalue weighted by Crippen LogP contribution is -2.26. The van der Waals surface area contributed by atoms with Gasteiger partial charge in [0, 0.05) is 23.5 Å². The molecule has 1 fully saturated rings. The van der Waals surface area contributed by atoms with Crippen LogP contribution in [0.15, 0.2) is 12.1 Å². The quantitative estimate of drug-likeness (QED) is 0.864. The summed E-state index contributed by atoms with van der Waals surface area (Å²) in [5.74, 6) is 0.294. The van der Waals surface area contributed by atoms with Gasteiger partial charge in [-0.05, 0) is 44.6 Å². The molecule has 2 atom stereocenters. The minimum absolute atomic E-state index is 0.294. The van der Waals surface area contributed by atoms with Gasteiger partial charge in [0.1, 0.15) is 5.75 Å². The molecule has 2 N–H and O–H groups in total. The molecule has 0 bridgehead atoms. The highest BCUT2D eigenvalue weighted by molar-refractivity contribution is 7.99. The largest absolute Gasteiger partial charge is 0.506 e. The number of aryl methyl sites for hydroxylation is 1. The highest BCUT2D eigenvalue weighted by Crippen LogP contribution is 2.28. The second kappa shape index (κ2) is 5.74. The Bertz CT molecular complexity index is 384. The number of rotatable bonds is 4. The average Bonchev–Trinajstić information content (AvgIpc) is 2.78. The van der Waals surface area contributed by atoms with E-state index in [0.29, 0.717) is 18.3 Å². The van der Waals surface area contributed by atoms with E-state index in [2.05, 4.69) is 16.6 Å². The number of aromatic nitrogens is 1. The molecule has 0 aromatic carbocycles. The molecule has 0 radical (unpaired) electrons. The maximum Gasteiger partial charge on any atom is 0.138 e. The van der Waals surface area contributed by atoms with Crippen molar-refractivity contribution in [1.82, 2.24) is 10.3 Å². The van der Waals surface area contributed by atoms with Crippen LogP contribution in [0.1, 0.15) is 30.7 Å². The molecule has 1 aromatic rings. The molecule has 1 aliphatic rings. The third kappa shape index (κ3) is 3.36. The molecule has 94 valence electrons. The van der Waals surface area contributed by atoms with Crippen LogP contribution in [0.3, 0.4) is 0 Å². The molecule has 4 heteroatoms. The third-order valence-corrected chi connectivity index (χ3v) is 4.46. The van der Waals surface area contributed by atoms with Crippen molar-refractivity contribution in [1.29, 1.82) is 0 Å². The Labute approximate surface area is 107 Å². The fraction of sp³-hybridized carbons (Fsp3) is 0.615. The molecule has 17 heavy (non-hydrogen) atoms. The predicted molar refractivity (Wildman–Crippen MR) is 72.4 cm³/mol. The molecular weight excluding hydrogens is 232 g/mol. The summed E-state index contributed by atoms with van der Waals surface area (Å²) in [7, 11) is 0. The van der Waals surface area contributed by atoms with Gasteiger partial charge in [-0.25, -0.2) is 0 Å². The van der Waals surface area contributed by atoms with Gasteiger partial charge in [0.2, 0.25) is 0 Å². The van der Waals surface area contributed by atoms with Crippen molar-refractivity contribution in [2.45, 2.75) is 44.0 Å². The smallest absolute Gasteiger partial charge is 0.138 e. The van der Waals surface area contributed by atoms with Gasteiger partial charge in [-0.3, -0.25) is 4.98 Å². The van der Waals surface area contributed by atoms with E-state index in [9.17, 15) is 5.11 Å². The lowest BCUT2D eigenvalue weighted by molar-refractivity contribution is 0.449. The molecule has 1 aromatic heterocycles. The van der Waals surface area contributed by atoms with Gasteiger partial charge >= 0.3 is 0 Å². The topological polar surface area (TPSA) is 45.2 Å². The highest BCUT2D eigenvalue weighted by atomic mass is 32.2. The summed E-state index contributed by atoms with van der Waals surface area (Å²) in [5, 5.41) is 14.0. The minimum atomic E-state index is 0.294. The van der Waals surface area contributed by atoms with Gasteiger partial charge < -0.3 is 10.4 Å². The molecule has 0 aliphatic heterocycles. The zero-order valence-corrected chi connectivity index (χ0v) is 11.3. The van der Waals surface area contributed by atoms with Crippen LogP contribution in [-0.2, 0) is 6.54 Å². The van der Waals surface area contributed by atoms with Crippen LogP contribution in [0, 0.1) is 6.92 Å². The molecule has 2 unspecified atom stereocenters. The first kappa shape index (κ1) is 12.7. The van der Waals surface area contributed by atoms with Crippen molar-refractivity contribution < 1.29 is 5.11 Å². The van der Waals surface area contributed by atoms with Gasteiger partial charge in [-0.2, -0.15) is 11.8 Å². The second-order valence-corrected chi connectivity index (χ2v) is 5.81. The molecule has 1 heterocycles. The van der Waals surface area contributed by atoms with Crippen molar-refractivity contribution >= 4 is 11.8 Å². The molecule has 1 saturated carbocycles. The van der Waals surface area contributed by atoms with Crippen LogP contribution < -0.4 is 5.32 Å². The van der Waals surface area contributed by atoms with E-state index in [-0.39, 0.29) is 0 Å². The first-order valence-electron chi connectivity index (χ1n) is 6.10. The van der Waals surface area contributed by atoms with E-state index in [1.807, 2.05) is 24.8 Å². The fourth-order valence-electron chi connectivity index (χ4n) is 2.31. The third-order valence-electron chi connectivity index (χ3n) is 3.37. The number of thioether (sulfide) groups is 1. The summed E-state index contributed by atoms with van der Waals surface area (Å²) in [6.07, 6.45) is 5.94. The molecule has 3 nitrogen and oxygen atoms in total. The van der Waals surface area contributed by atoms with E-state index in [4.69, 9.17) is 0 Å². The maximum absolute atomic E-state index is 9.70. The lowest BCUT2D eigenvalue weighted by atomic mass is 10.2. The van der Waals surface area contributed by atoms with Crippen LogP contribution in [0.4, 0.5) is 0 Å². The summed E-state index contributed by atoms with van der Waals surface area (Å²) in [4.78, 5) is 4.36. The van der Waals surface area contributed by atoms with E-state index in [0.717, 1.165) is 16.6 Å². The number of aromatic hydroxyl groups is 1. The van der Waals surface area contributed by atoms with Gasteiger partial charge in [0.05, 0.1) is 5.69 Å². The van der Waals surface area contributed by atoms with E-state index < -0.39 is 0 Å². The summed E-state index contributed by atoms with van der Waals surface area (Å²) < 4.78 is 0. The van der Waals surface area contributed by atoms with Gasteiger partial charge in [0.25, 0.3) is 0 Å². The zero-order chi connectivity index (χ0) is 12.3. The summed E-state index contributed by atoms with van der Waals surface area (Å²) >= 11 is 1.96. The Kier molecular flexibility index (Phi) is 4.29. The molecule has 2 rings (SSSR count). The summed E-state index contributed by atoms with van der Waals surface area (Å²) in [5.41, 5.74) is 1.71. The maximum atomic E-state index is 9.70. The van der Waals surface area contributed by atoms with Crippen LogP contribution in [0.2, 0.25) is 0 Å². The van der Waals surface area contributed by atoms with Gasteiger partial charge in [-0.1, -0.05) is 0 Å². The van der Waals surface area contributed by atoms with Crippen molar-refractivity contribution in [3.05, 3.63) is 23.5 Å². The summed E-state index contributed by atoms with van der Waals surface area (Å²) in [6, 6.07) is 4.13. The number of nitrogens with one attached hydrogen (secondary N) is 1. The minimum Gasteiger partial charge on any atom is -0.506 e. The van der Waals surface area contributed by atoms with Crippen molar-refractivity contribution in [2.75, 3.05) is 6.26 Å². The van der Waals surface area contributed by atoms with Crippen LogP contribution >= 0.6 is 11.8 Å². The molecule has 1 aliphatic carbocycles. The first-order chi connectivity index (χ1) is 8.19. The Morgan fingerprint density at radius 3 is 3.00 bits per heavy atom. The summed E-state index contributed by atoms with van der Waals surface area (Å²) in [6.45, 7) is 2.61. The zero-order valence-electron chi connectivity index (χ0n) is 10.4. The van der Waals surface area contributed by atoms with E-state index in [1.165, 1.54) is 19.3 Å². The Morgan fingerprint density at radius 1 is 1.47 bits per heavy atom. The number of nitrogens with zero attached hydrogens (tertiary/aromatic N) is 1. The number of hydrogen-bond donors (Lipinski definition) is 2. The lowest BCUT2D eigenvalue weighted by Gasteiger charge is -2.13. The van der Waals surface area contributed by atoms with E-state index >= 15 is 0 Å². The monoisotopic (exact) mass is 252 g/mol. The molecule has 0 spiro atoms. The standard InChI is InChI=1S/C13H20N2OS/c1-9-3-6-13(16)12(15-9)8-14-10-4-5-11(7-10)17-2/h3,6,10-11,14,16H,4-5,7-8H2,1-2H3. The number of pyridine rings is 1. The van der Waals surface area contributed by atoms with Gasteiger partial charge in [-0.15, -0.1) is 0 Å². The van der Waals surface area contributed by atoms with Crippen molar-refractivity contribution in [3.8, 4) is 5.75 Å². The number of hydrogen-bond acceptors (Lipinski definition) is 4. The van der Waals surface area contributed by atoms with Crippen molar-refractivity contribution in [3.63, 3.8) is 0 Å². The SMILES string of the molecule is CSC1CCC(NCc2nc(C)ccc2O)C1. The second-order valence-electron chi connectivity index (χ2n) is 4.67. The first-order valence-corrected chi connectivity index (χ1v) is 7.39. The van der Waals surface area contributed by atoms with Crippen molar-refractivity contribution in [2.24, 2.45) is 0 Å². The average molecular weight is 252 g/mol. The fourth-order valence-corrected chi connectivity index (χ4v) is 3.11.